The molecule has 11 heteroatoms. The fourth-order valence-corrected chi connectivity index (χ4v) is 5.62. The fraction of sp³-hybridized carbons (Fsp3) is 0.444. The molecule has 3 saturated heterocycles. The van der Waals surface area contributed by atoms with E-state index in [1.807, 2.05) is 25.2 Å². The van der Waals surface area contributed by atoms with Gasteiger partial charge in [-0.25, -0.2) is 4.79 Å². The highest BCUT2D eigenvalue weighted by Crippen LogP contribution is 2.31. The summed E-state index contributed by atoms with van der Waals surface area (Å²) in [7, 11) is 1.88. The summed E-state index contributed by atoms with van der Waals surface area (Å²) in [5.74, 6) is 0.330. The fourth-order valence-electron chi connectivity index (χ4n) is 5.62. The van der Waals surface area contributed by atoms with Gasteiger partial charge in [0, 0.05) is 88.3 Å². The largest absolute Gasteiger partial charge is 0.399 e. The highest BCUT2D eigenvalue weighted by Gasteiger charge is 2.29. The van der Waals surface area contributed by atoms with Crippen molar-refractivity contribution in [2.45, 2.75) is 12.5 Å². The lowest BCUT2D eigenvalue weighted by atomic mass is 10.1. The van der Waals surface area contributed by atoms with Gasteiger partial charge >= 0.3 is 6.03 Å². The smallest absolute Gasteiger partial charge is 0.329 e. The van der Waals surface area contributed by atoms with Crippen molar-refractivity contribution in [3.05, 3.63) is 42.5 Å². The Morgan fingerprint density at radius 2 is 1.74 bits per heavy atom. The number of piperazine rings is 1. The molecule has 0 radical (unpaired) electrons. The van der Waals surface area contributed by atoms with E-state index in [2.05, 4.69) is 49.4 Å². The molecule has 38 heavy (non-hydrogen) atoms. The van der Waals surface area contributed by atoms with Gasteiger partial charge in [0.1, 0.15) is 0 Å². The summed E-state index contributed by atoms with van der Waals surface area (Å²) in [4.78, 5) is 32.8. The van der Waals surface area contributed by atoms with Crippen molar-refractivity contribution in [1.29, 1.82) is 0 Å². The van der Waals surface area contributed by atoms with Gasteiger partial charge in [0.2, 0.25) is 5.91 Å². The van der Waals surface area contributed by atoms with Gasteiger partial charge in [-0.15, -0.1) is 0 Å². The van der Waals surface area contributed by atoms with Crippen molar-refractivity contribution in [2.24, 2.45) is 7.05 Å². The van der Waals surface area contributed by atoms with Crippen LogP contribution in [-0.4, -0.2) is 91.7 Å². The Kier molecular flexibility index (Phi) is 6.54. The third-order valence-electron chi connectivity index (χ3n) is 7.72. The molecule has 0 saturated carbocycles. The number of rotatable bonds is 5. The lowest BCUT2D eigenvalue weighted by Gasteiger charge is -2.40. The van der Waals surface area contributed by atoms with Crippen molar-refractivity contribution in [3.8, 4) is 0 Å². The van der Waals surface area contributed by atoms with E-state index in [1.165, 1.54) is 5.69 Å². The van der Waals surface area contributed by atoms with Crippen molar-refractivity contribution >= 4 is 45.7 Å². The number of nitrogen functional groups attached to an aromatic ring is 1. The van der Waals surface area contributed by atoms with E-state index < -0.39 is 6.03 Å². The van der Waals surface area contributed by atoms with Crippen LogP contribution < -0.4 is 25.8 Å². The molecule has 11 nitrogen and oxygen atoms in total. The molecule has 3 N–H and O–H groups in total. The first-order valence-corrected chi connectivity index (χ1v) is 13.2. The Hall–Kier alpha value is -3.83. The summed E-state index contributed by atoms with van der Waals surface area (Å²) in [5, 5.41) is 7.88. The second-order valence-electron chi connectivity index (χ2n) is 10.2. The minimum atomic E-state index is -0.421. The van der Waals surface area contributed by atoms with E-state index in [4.69, 9.17) is 10.5 Å². The molecular formula is C27H34N8O3. The number of nitrogens with two attached hydrogens (primary N) is 1. The van der Waals surface area contributed by atoms with Crippen LogP contribution in [0.15, 0.2) is 42.5 Å². The molecule has 1 atom stereocenters. The number of carbonyl (C=O) groups is 2. The lowest BCUT2D eigenvalue weighted by Crippen LogP contribution is -2.52. The Bertz CT molecular complexity index is 1330. The monoisotopic (exact) mass is 518 g/mol. The first kappa shape index (κ1) is 24.5. The minimum Gasteiger partial charge on any atom is -0.399 e. The molecule has 3 fully saturated rings. The molecule has 0 bridgehead atoms. The normalized spacial score (nSPS) is 21.3. The SMILES string of the molecule is Cn1nc(N2CCC(=O)NC2=O)c2ccc(N3CCO[C@@H](CN4CCN(c5ccc(N)cc5)CC4)C3)cc21. The van der Waals surface area contributed by atoms with Crippen LogP contribution in [0.25, 0.3) is 10.9 Å². The Balaban J connectivity index is 1.10. The average Bonchev–Trinajstić information content (AvgIpc) is 3.25. The molecule has 0 aliphatic carbocycles. The van der Waals surface area contributed by atoms with E-state index in [9.17, 15) is 9.59 Å². The number of benzene rings is 2. The lowest BCUT2D eigenvalue weighted by molar-refractivity contribution is -0.120. The summed E-state index contributed by atoms with van der Waals surface area (Å²) in [6.45, 7) is 7.57. The zero-order chi connectivity index (χ0) is 26.2. The average molecular weight is 519 g/mol. The Morgan fingerprint density at radius 3 is 2.50 bits per heavy atom. The molecule has 2 aromatic carbocycles. The number of nitrogens with one attached hydrogen (secondary N) is 1. The van der Waals surface area contributed by atoms with Crippen molar-refractivity contribution in [2.75, 3.05) is 79.4 Å². The summed E-state index contributed by atoms with van der Waals surface area (Å²) in [6.07, 6.45) is 0.409. The van der Waals surface area contributed by atoms with Crippen LogP contribution in [0, 0.1) is 0 Å². The number of imide groups is 1. The van der Waals surface area contributed by atoms with Gasteiger partial charge in [-0.1, -0.05) is 0 Å². The van der Waals surface area contributed by atoms with E-state index in [-0.39, 0.29) is 18.4 Å². The molecule has 3 amide bonds. The highest BCUT2D eigenvalue weighted by molar-refractivity contribution is 6.09. The third kappa shape index (κ3) is 4.86. The Morgan fingerprint density at radius 1 is 0.974 bits per heavy atom. The predicted molar refractivity (Wildman–Crippen MR) is 148 cm³/mol. The standard InChI is InChI=1S/C27H34N8O3/c1-31-24-16-21(6-7-23(24)26(30-31)35-9-8-25(36)29-27(35)37)34-14-15-38-22(18-34)17-32-10-12-33(13-11-32)20-4-2-19(28)3-5-20/h2-7,16,22H,8-15,17-18,28H2,1H3,(H,29,36,37)/t22-/m0/s1. The van der Waals surface area contributed by atoms with E-state index in [1.54, 1.807) is 9.58 Å². The molecule has 200 valence electrons. The Labute approximate surface area is 221 Å². The number of morpholine rings is 1. The van der Waals surface area contributed by atoms with E-state index in [0.717, 1.165) is 68.1 Å². The van der Waals surface area contributed by atoms with Crippen LogP contribution in [0.1, 0.15) is 6.42 Å². The van der Waals surface area contributed by atoms with Crippen molar-refractivity contribution in [3.63, 3.8) is 0 Å². The number of carbonyl (C=O) groups excluding carboxylic acids is 2. The molecule has 4 heterocycles. The van der Waals surface area contributed by atoms with Gasteiger partial charge in [-0.2, -0.15) is 5.10 Å². The second kappa shape index (κ2) is 10.1. The number of nitrogens with zero attached hydrogens (tertiary/aromatic N) is 6. The van der Waals surface area contributed by atoms with Crippen LogP contribution in [-0.2, 0) is 16.6 Å². The van der Waals surface area contributed by atoms with Crippen LogP contribution in [0.4, 0.5) is 27.7 Å². The van der Waals surface area contributed by atoms with Gasteiger partial charge in [-0.05, 0) is 42.5 Å². The van der Waals surface area contributed by atoms with Crippen LogP contribution in [0.2, 0.25) is 0 Å². The maximum atomic E-state index is 12.4. The number of hydrogen-bond donors (Lipinski definition) is 2. The van der Waals surface area contributed by atoms with Crippen LogP contribution >= 0.6 is 0 Å². The number of urea groups is 1. The van der Waals surface area contributed by atoms with Gasteiger partial charge in [0.25, 0.3) is 0 Å². The third-order valence-corrected chi connectivity index (χ3v) is 7.72. The number of fused-ring (bicyclic) bond motifs is 1. The molecule has 1 aromatic heterocycles. The highest BCUT2D eigenvalue weighted by atomic mass is 16.5. The molecular weight excluding hydrogens is 484 g/mol. The number of anilines is 4. The van der Waals surface area contributed by atoms with Crippen molar-refractivity contribution < 1.29 is 14.3 Å². The molecule has 3 aliphatic heterocycles. The van der Waals surface area contributed by atoms with Crippen LogP contribution in [0.5, 0.6) is 0 Å². The number of ether oxygens (including phenoxy) is 1. The molecule has 6 rings (SSSR count). The predicted octanol–water partition coefficient (Wildman–Crippen LogP) is 1.63. The van der Waals surface area contributed by atoms with Gasteiger partial charge in [0.15, 0.2) is 5.82 Å². The molecule has 0 spiro atoms. The maximum absolute atomic E-state index is 12.4. The van der Waals surface area contributed by atoms with Gasteiger partial charge in [0.05, 0.1) is 18.2 Å². The summed E-state index contributed by atoms with van der Waals surface area (Å²) < 4.78 is 7.97. The number of amides is 3. The first-order valence-electron chi connectivity index (χ1n) is 13.2. The zero-order valence-electron chi connectivity index (χ0n) is 21.7. The molecule has 3 aliphatic rings. The van der Waals surface area contributed by atoms with E-state index >= 15 is 0 Å². The van der Waals surface area contributed by atoms with Gasteiger partial charge < -0.3 is 20.3 Å². The number of hydrogen-bond acceptors (Lipinski definition) is 8. The minimum absolute atomic E-state index is 0.138. The molecule has 0 unspecified atom stereocenters. The summed E-state index contributed by atoms with van der Waals surface area (Å²) >= 11 is 0. The number of aryl methyl sites for hydroxylation is 1. The zero-order valence-corrected chi connectivity index (χ0v) is 21.7. The quantitative estimate of drug-likeness (QED) is 0.491. The first-order chi connectivity index (χ1) is 18.4. The van der Waals surface area contributed by atoms with E-state index in [0.29, 0.717) is 19.0 Å². The second-order valence-corrected chi connectivity index (χ2v) is 10.2. The number of aromatic nitrogens is 2. The maximum Gasteiger partial charge on any atom is 0.329 e. The van der Waals surface area contributed by atoms with Crippen LogP contribution in [0.3, 0.4) is 0 Å². The van der Waals surface area contributed by atoms with Gasteiger partial charge in [-0.3, -0.25) is 24.6 Å². The summed E-state index contributed by atoms with van der Waals surface area (Å²) in [5.41, 5.74) is 9.92. The topological polar surface area (TPSA) is 112 Å². The molecule has 3 aromatic rings. The van der Waals surface area contributed by atoms with Crippen molar-refractivity contribution in [1.82, 2.24) is 20.0 Å². The summed E-state index contributed by atoms with van der Waals surface area (Å²) in [6, 6.07) is 13.9.